The molecule has 1 aliphatic heterocycles. The minimum Gasteiger partial charge on any atom is -0.459 e. The van der Waals surface area contributed by atoms with Gasteiger partial charge in [-0.2, -0.15) is 0 Å². The van der Waals surface area contributed by atoms with Gasteiger partial charge < -0.3 is 20.1 Å². The fraction of sp³-hybridized carbons (Fsp3) is 0.273. The molecule has 28 heavy (non-hydrogen) atoms. The van der Waals surface area contributed by atoms with Crippen molar-refractivity contribution in [2.24, 2.45) is 0 Å². The van der Waals surface area contributed by atoms with E-state index in [1.807, 2.05) is 55.5 Å². The van der Waals surface area contributed by atoms with Crippen molar-refractivity contribution in [3.05, 3.63) is 70.9 Å². The van der Waals surface area contributed by atoms with Crippen molar-refractivity contribution in [3.63, 3.8) is 0 Å². The number of urea groups is 1. The quantitative estimate of drug-likeness (QED) is 0.756. The van der Waals surface area contributed by atoms with Crippen molar-refractivity contribution < 1.29 is 19.1 Å². The molecule has 0 saturated carbocycles. The Kier molecular flexibility index (Phi) is 5.68. The Morgan fingerprint density at radius 2 is 1.71 bits per heavy atom. The second-order valence-corrected chi connectivity index (χ2v) is 6.96. The number of nitrogens with one attached hydrogen (secondary N) is 2. The lowest BCUT2D eigenvalue weighted by Crippen LogP contribution is -2.45. The van der Waals surface area contributed by atoms with Crippen molar-refractivity contribution >= 4 is 12.0 Å². The smallest absolute Gasteiger partial charge is 0.338 e. The molecule has 2 amide bonds. The summed E-state index contributed by atoms with van der Waals surface area (Å²) in [5.41, 5.74) is 2.68. The van der Waals surface area contributed by atoms with E-state index in [9.17, 15) is 9.59 Å². The highest BCUT2D eigenvalue weighted by molar-refractivity contribution is 5.95. The molecule has 0 fully saturated rings. The largest absolute Gasteiger partial charge is 0.459 e. The highest BCUT2D eigenvalue weighted by Gasteiger charge is 2.32. The molecule has 2 N–H and O–H groups in total. The molecule has 0 saturated heterocycles. The average Bonchev–Trinajstić information content (AvgIpc) is 2.63. The maximum atomic E-state index is 12.6. The van der Waals surface area contributed by atoms with Gasteiger partial charge in [-0.1, -0.05) is 30.3 Å². The van der Waals surface area contributed by atoms with E-state index < -0.39 is 12.0 Å². The summed E-state index contributed by atoms with van der Waals surface area (Å²) in [6.45, 7) is 7.25. The summed E-state index contributed by atoms with van der Waals surface area (Å²) in [6, 6.07) is 14.1. The summed E-state index contributed by atoms with van der Waals surface area (Å²) in [5, 5.41) is 5.43. The van der Waals surface area contributed by atoms with Gasteiger partial charge in [-0.3, -0.25) is 0 Å². The van der Waals surface area contributed by atoms with Crippen LogP contribution in [0.15, 0.2) is 59.8 Å². The van der Waals surface area contributed by atoms with E-state index in [1.165, 1.54) is 0 Å². The van der Waals surface area contributed by atoms with Crippen molar-refractivity contribution in [2.45, 2.75) is 39.8 Å². The van der Waals surface area contributed by atoms with Crippen LogP contribution < -0.4 is 15.4 Å². The summed E-state index contributed by atoms with van der Waals surface area (Å²) in [4.78, 5) is 24.5. The van der Waals surface area contributed by atoms with Crippen LogP contribution in [-0.2, 0) is 9.53 Å². The molecule has 1 atom stereocenters. The molecule has 1 heterocycles. The van der Waals surface area contributed by atoms with Gasteiger partial charge in [-0.15, -0.1) is 0 Å². The van der Waals surface area contributed by atoms with Crippen molar-refractivity contribution in [3.8, 4) is 11.5 Å². The van der Waals surface area contributed by atoms with Gasteiger partial charge in [0.15, 0.2) is 0 Å². The Morgan fingerprint density at radius 1 is 1.04 bits per heavy atom. The zero-order valence-electron chi connectivity index (χ0n) is 16.4. The zero-order valence-corrected chi connectivity index (χ0v) is 16.4. The highest BCUT2D eigenvalue weighted by Crippen LogP contribution is 2.31. The molecule has 3 rings (SSSR count). The first-order valence-electron chi connectivity index (χ1n) is 9.18. The lowest BCUT2D eigenvalue weighted by atomic mass is 9.95. The fourth-order valence-corrected chi connectivity index (χ4v) is 3.02. The van der Waals surface area contributed by atoms with Gasteiger partial charge in [-0.05, 0) is 57.0 Å². The summed E-state index contributed by atoms with van der Waals surface area (Å²) in [5.74, 6) is 0.998. The molecule has 0 radical (unpaired) electrons. The average molecular weight is 380 g/mol. The molecule has 2 aromatic carbocycles. The number of carbonyl (C=O) groups excluding carboxylic acids is 2. The normalized spacial score (nSPS) is 16.5. The predicted molar refractivity (Wildman–Crippen MR) is 106 cm³/mol. The van der Waals surface area contributed by atoms with Crippen molar-refractivity contribution in [1.29, 1.82) is 0 Å². The molecule has 6 nitrogen and oxygen atoms in total. The third-order valence-electron chi connectivity index (χ3n) is 4.37. The van der Waals surface area contributed by atoms with Crippen LogP contribution in [0.3, 0.4) is 0 Å². The van der Waals surface area contributed by atoms with Crippen molar-refractivity contribution in [1.82, 2.24) is 10.6 Å². The first kappa shape index (κ1) is 19.5. The van der Waals surface area contributed by atoms with Crippen LogP contribution in [-0.4, -0.2) is 18.1 Å². The Hall–Kier alpha value is -3.28. The van der Waals surface area contributed by atoms with Crippen LogP contribution in [0, 0.1) is 6.92 Å². The van der Waals surface area contributed by atoms with E-state index >= 15 is 0 Å². The van der Waals surface area contributed by atoms with Gasteiger partial charge in [-0.25, -0.2) is 9.59 Å². The Morgan fingerprint density at radius 3 is 2.36 bits per heavy atom. The SMILES string of the molecule is CC1=C(C(=O)OC(C)C)C(c2ccc(Oc3ccccc3C)cc2)NC(=O)N1. The third-order valence-corrected chi connectivity index (χ3v) is 4.37. The number of aryl methyl sites for hydroxylation is 1. The predicted octanol–water partition coefficient (Wildman–Crippen LogP) is 4.37. The molecule has 0 bridgehead atoms. The van der Waals surface area contributed by atoms with Crippen LogP contribution >= 0.6 is 0 Å². The number of benzene rings is 2. The number of ether oxygens (including phenoxy) is 2. The fourth-order valence-electron chi connectivity index (χ4n) is 3.02. The van der Waals surface area contributed by atoms with Crippen LogP contribution in [0.4, 0.5) is 4.79 Å². The first-order valence-corrected chi connectivity index (χ1v) is 9.18. The lowest BCUT2D eigenvalue weighted by molar-refractivity contribution is -0.143. The standard InChI is InChI=1S/C22H24N2O4/c1-13(2)27-21(25)19-15(4)23-22(26)24-20(19)16-9-11-17(12-10-16)28-18-8-6-5-7-14(18)3/h5-13,20H,1-4H3,(H2,23,24,26). The van der Waals surface area contributed by atoms with Crippen LogP contribution in [0.1, 0.15) is 37.9 Å². The first-order chi connectivity index (χ1) is 13.3. The number of carbonyl (C=O) groups is 2. The number of esters is 1. The molecular formula is C22H24N2O4. The summed E-state index contributed by atoms with van der Waals surface area (Å²) >= 11 is 0. The van der Waals surface area contributed by atoms with Crippen LogP contribution in [0.5, 0.6) is 11.5 Å². The number of amides is 2. The molecule has 0 aromatic heterocycles. The number of para-hydroxylation sites is 1. The molecule has 1 unspecified atom stereocenters. The van der Waals surface area contributed by atoms with E-state index in [0.717, 1.165) is 16.9 Å². The number of rotatable bonds is 5. The van der Waals surface area contributed by atoms with Gasteiger partial charge in [0.05, 0.1) is 17.7 Å². The number of hydrogen-bond donors (Lipinski definition) is 2. The van der Waals surface area contributed by atoms with Gasteiger partial charge in [0.2, 0.25) is 0 Å². The Bertz CT molecular complexity index is 916. The van der Waals surface area contributed by atoms with Crippen LogP contribution in [0.25, 0.3) is 0 Å². The summed E-state index contributed by atoms with van der Waals surface area (Å²) in [6.07, 6.45) is -0.254. The molecule has 6 heteroatoms. The zero-order chi connectivity index (χ0) is 20.3. The molecule has 146 valence electrons. The second kappa shape index (κ2) is 8.17. The highest BCUT2D eigenvalue weighted by atomic mass is 16.5. The molecule has 2 aromatic rings. The van der Waals surface area contributed by atoms with Gasteiger partial charge in [0.1, 0.15) is 11.5 Å². The lowest BCUT2D eigenvalue weighted by Gasteiger charge is -2.28. The monoisotopic (exact) mass is 380 g/mol. The molecule has 0 spiro atoms. The van der Waals surface area contributed by atoms with E-state index in [2.05, 4.69) is 10.6 Å². The van der Waals surface area contributed by atoms with E-state index in [4.69, 9.17) is 9.47 Å². The maximum Gasteiger partial charge on any atom is 0.338 e. The second-order valence-electron chi connectivity index (χ2n) is 6.96. The molecule has 0 aliphatic carbocycles. The van der Waals surface area contributed by atoms with E-state index in [0.29, 0.717) is 17.0 Å². The minimum atomic E-state index is -0.590. The Balaban J connectivity index is 1.86. The summed E-state index contributed by atoms with van der Waals surface area (Å²) in [7, 11) is 0. The van der Waals surface area contributed by atoms with Crippen molar-refractivity contribution in [2.75, 3.05) is 0 Å². The molecule has 1 aliphatic rings. The minimum absolute atomic E-state index is 0.254. The molecular weight excluding hydrogens is 356 g/mol. The van der Waals surface area contributed by atoms with E-state index in [1.54, 1.807) is 20.8 Å². The Labute approximate surface area is 164 Å². The third kappa shape index (κ3) is 4.34. The maximum absolute atomic E-state index is 12.6. The van der Waals surface area contributed by atoms with Crippen LogP contribution in [0.2, 0.25) is 0 Å². The van der Waals surface area contributed by atoms with Gasteiger partial charge >= 0.3 is 12.0 Å². The topological polar surface area (TPSA) is 76.7 Å². The van der Waals surface area contributed by atoms with Gasteiger partial charge in [0, 0.05) is 5.70 Å². The van der Waals surface area contributed by atoms with Gasteiger partial charge in [0.25, 0.3) is 0 Å². The number of hydrogen-bond acceptors (Lipinski definition) is 4. The number of allylic oxidation sites excluding steroid dienone is 1. The van der Waals surface area contributed by atoms with E-state index in [-0.39, 0.29) is 12.1 Å². The summed E-state index contributed by atoms with van der Waals surface area (Å²) < 4.78 is 11.3.